The highest BCUT2D eigenvalue weighted by Crippen LogP contribution is 2.76. The maximum Gasteiger partial charge on any atom is 0.187 e. The van der Waals surface area contributed by atoms with E-state index in [9.17, 15) is 46.0 Å². The van der Waals surface area contributed by atoms with Crippen LogP contribution in [-0.4, -0.2) is 150 Å². The Morgan fingerprint density at radius 2 is 1.41 bits per heavy atom. The molecule has 0 spiro atoms. The first kappa shape index (κ1) is 43.5. The largest absolute Gasteiger partial charge is 0.394 e. The fourth-order valence-electron chi connectivity index (χ4n) is 14.1. The van der Waals surface area contributed by atoms with Crippen LogP contribution >= 0.6 is 0 Å². The SMILES string of the molecule is C[C@@H]1O[C@@H](O[C@H]2[C@H](O[C@H]3C[C@]4(C)[C@H](C[C@H](O)[C@@H]5[C@@H]([C@]6(C)CC[C@H](C(C)(C)O)O6)CC[C@]54C)[C@]4(C)CC[C@H](O)C(C)(C)[C@@H]34)O[C@H](CO)[C@@H](O)[C@@H]2O)[C@H](O)[C@H](O)[C@H]1O. The summed E-state index contributed by atoms with van der Waals surface area (Å²) in [5.74, 6) is -0.246. The number of rotatable bonds is 7. The normalized spacial score (nSPS) is 57.3. The van der Waals surface area contributed by atoms with E-state index in [-0.39, 0.29) is 35.2 Å². The lowest BCUT2D eigenvalue weighted by atomic mass is 9.34. The van der Waals surface area contributed by atoms with Gasteiger partial charge < -0.3 is 69.6 Å². The molecule has 0 aromatic heterocycles. The molecule has 4 saturated carbocycles. The standard InChI is InChI=1S/C42H72O14/c1-19-28(46)30(48)32(50)35(52-19)55-33-31(49)29(47)23(18-43)54-36(33)53-22-17-41(8)24(39(6)13-11-25(45)37(2,3)34(22)39)16-21(44)27-20(10-14-40(27,41)7)42(9)15-12-26(56-42)38(4,5)51/h19-36,43-51H,10-18H2,1-9H3/t19-,20-,21-,22-,23+,24+,25-,26+,27-,28-,29+,30+,31-,32+,33+,34+,35-,36+,39-,40+,41+,42-/m0/s1. The van der Waals surface area contributed by atoms with Gasteiger partial charge in [-0.1, -0.05) is 34.6 Å². The number of ether oxygens (including phenoxy) is 5. The third-order valence-electron chi connectivity index (χ3n) is 17.3. The van der Waals surface area contributed by atoms with E-state index in [0.717, 1.165) is 25.7 Å². The maximum absolute atomic E-state index is 12.4. The Hall–Kier alpha value is -0.560. The molecule has 0 radical (unpaired) electrons. The van der Waals surface area contributed by atoms with Gasteiger partial charge in [0.1, 0.15) is 42.7 Å². The molecule has 4 aliphatic carbocycles. The molecule has 0 aromatic rings. The van der Waals surface area contributed by atoms with Crippen LogP contribution in [0, 0.1) is 45.3 Å². The molecular weight excluding hydrogens is 728 g/mol. The molecule has 0 bridgehead atoms. The van der Waals surface area contributed by atoms with Crippen molar-refractivity contribution in [2.75, 3.05) is 6.61 Å². The lowest BCUT2D eigenvalue weighted by molar-refractivity contribution is -0.382. The molecule has 324 valence electrons. The van der Waals surface area contributed by atoms with E-state index >= 15 is 0 Å². The summed E-state index contributed by atoms with van der Waals surface area (Å²) in [5.41, 5.74) is -3.36. The summed E-state index contributed by atoms with van der Waals surface area (Å²) < 4.78 is 32.0. The average Bonchev–Trinajstić information content (AvgIpc) is 3.71. The lowest BCUT2D eigenvalue weighted by Gasteiger charge is -2.72. The molecule has 7 rings (SSSR count). The van der Waals surface area contributed by atoms with Crippen molar-refractivity contribution in [3.63, 3.8) is 0 Å². The minimum Gasteiger partial charge on any atom is -0.394 e. The van der Waals surface area contributed by atoms with Gasteiger partial charge in [-0.25, -0.2) is 0 Å². The summed E-state index contributed by atoms with van der Waals surface area (Å²) in [6, 6.07) is 0. The Kier molecular flexibility index (Phi) is 11.3. The van der Waals surface area contributed by atoms with Crippen LogP contribution in [0.5, 0.6) is 0 Å². The number of hydrogen-bond donors (Lipinski definition) is 9. The van der Waals surface area contributed by atoms with E-state index in [2.05, 4.69) is 41.5 Å². The van der Waals surface area contributed by atoms with Gasteiger partial charge in [0.05, 0.1) is 48.3 Å². The van der Waals surface area contributed by atoms with Gasteiger partial charge in [0.15, 0.2) is 12.6 Å². The zero-order chi connectivity index (χ0) is 41.3. The van der Waals surface area contributed by atoms with E-state index in [0.29, 0.717) is 25.7 Å². The number of aliphatic hydroxyl groups excluding tert-OH is 8. The van der Waals surface area contributed by atoms with Gasteiger partial charge in [-0.2, -0.15) is 0 Å². The van der Waals surface area contributed by atoms with Crippen LogP contribution in [0.15, 0.2) is 0 Å². The zero-order valence-corrected chi connectivity index (χ0v) is 34.8. The van der Waals surface area contributed by atoms with Crippen molar-refractivity contribution < 1.29 is 69.6 Å². The highest BCUT2D eigenvalue weighted by atomic mass is 16.8. The van der Waals surface area contributed by atoms with Gasteiger partial charge in [-0.3, -0.25) is 0 Å². The predicted octanol–water partition coefficient (Wildman–Crippen LogP) is 1.36. The summed E-state index contributed by atoms with van der Waals surface area (Å²) in [7, 11) is 0. The zero-order valence-electron chi connectivity index (χ0n) is 34.8. The van der Waals surface area contributed by atoms with Crippen molar-refractivity contribution >= 4 is 0 Å². The van der Waals surface area contributed by atoms with Gasteiger partial charge in [0.25, 0.3) is 0 Å². The van der Waals surface area contributed by atoms with Crippen LogP contribution in [0.2, 0.25) is 0 Å². The first-order chi connectivity index (χ1) is 25.9. The van der Waals surface area contributed by atoms with E-state index in [1.165, 1.54) is 6.92 Å². The summed E-state index contributed by atoms with van der Waals surface area (Å²) in [6.07, 6.45) is -11.0. The van der Waals surface area contributed by atoms with Crippen molar-refractivity contribution in [2.45, 2.75) is 211 Å². The van der Waals surface area contributed by atoms with E-state index in [4.69, 9.17) is 23.7 Å². The Balaban J connectivity index is 1.26. The highest BCUT2D eigenvalue weighted by Gasteiger charge is 2.74. The van der Waals surface area contributed by atoms with E-state index in [1.807, 2.05) is 0 Å². The molecule has 0 aromatic carbocycles. The molecule has 3 aliphatic heterocycles. The van der Waals surface area contributed by atoms with Gasteiger partial charge in [-0.05, 0) is 124 Å². The second-order valence-corrected chi connectivity index (χ2v) is 21.2. The van der Waals surface area contributed by atoms with Crippen molar-refractivity contribution in [3.8, 4) is 0 Å². The second kappa shape index (κ2) is 14.5. The number of aliphatic hydroxyl groups is 9. The van der Waals surface area contributed by atoms with Gasteiger partial charge in [0, 0.05) is 0 Å². The number of hydrogen-bond acceptors (Lipinski definition) is 14. The lowest BCUT2D eigenvalue weighted by Crippen LogP contribution is -2.71. The topological polar surface area (TPSA) is 228 Å². The molecule has 0 amide bonds. The highest BCUT2D eigenvalue weighted by molar-refractivity contribution is 5.22. The maximum atomic E-state index is 12.4. The van der Waals surface area contributed by atoms with Crippen molar-refractivity contribution in [1.82, 2.24) is 0 Å². The molecule has 7 aliphatic rings. The van der Waals surface area contributed by atoms with Crippen molar-refractivity contribution in [1.29, 1.82) is 0 Å². The van der Waals surface area contributed by atoms with Crippen LogP contribution in [0.4, 0.5) is 0 Å². The molecule has 14 nitrogen and oxygen atoms in total. The molecule has 9 N–H and O–H groups in total. The first-order valence-electron chi connectivity index (χ1n) is 21.2. The third-order valence-corrected chi connectivity index (χ3v) is 17.3. The minimum atomic E-state index is -1.70. The van der Waals surface area contributed by atoms with Crippen LogP contribution in [0.3, 0.4) is 0 Å². The molecule has 7 fully saturated rings. The smallest absolute Gasteiger partial charge is 0.187 e. The minimum absolute atomic E-state index is 0.0557. The fraction of sp³-hybridized carbons (Fsp3) is 1.00. The third kappa shape index (κ3) is 6.49. The number of fused-ring (bicyclic) bond motifs is 5. The Bertz CT molecular complexity index is 1430. The monoisotopic (exact) mass is 800 g/mol. The molecule has 14 heteroatoms. The molecule has 3 heterocycles. The molecular formula is C42H72O14. The second-order valence-electron chi connectivity index (χ2n) is 21.2. The van der Waals surface area contributed by atoms with Crippen LogP contribution in [0.25, 0.3) is 0 Å². The van der Waals surface area contributed by atoms with Gasteiger partial charge in [0.2, 0.25) is 0 Å². The van der Waals surface area contributed by atoms with Gasteiger partial charge >= 0.3 is 0 Å². The van der Waals surface area contributed by atoms with Crippen LogP contribution in [-0.2, 0) is 23.7 Å². The van der Waals surface area contributed by atoms with Crippen molar-refractivity contribution in [2.24, 2.45) is 45.3 Å². The summed E-state index contributed by atoms with van der Waals surface area (Å²) in [6.45, 7) is 17.6. The predicted molar refractivity (Wildman–Crippen MR) is 200 cm³/mol. The fourth-order valence-corrected chi connectivity index (χ4v) is 14.1. The molecule has 0 unspecified atom stereocenters. The van der Waals surface area contributed by atoms with Crippen LogP contribution in [0.1, 0.15) is 114 Å². The molecule has 3 saturated heterocycles. The molecule has 22 atom stereocenters. The van der Waals surface area contributed by atoms with Gasteiger partial charge in [-0.15, -0.1) is 0 Å². The summed E-state index contributed by atoms with van der Waals surface area (Å²) in [5, 5.41) is 99.5. The molecule has 56 heavy (non-hydrogen) atoms. The Morgan fingerprint density at radius 3 is 2.04 bits per heavy atom. The quantitative estimate of drug-likeness (QED) is 0.166. The first-order valence-corrected chi connectivity index (χ1v) is 21.2. The Morgan fingerprint density at radius 1 is 0.732 bits per heavy atom. The summed E-state index contributed by atoms with van der Waals surface area (Å²) >= 11 is 0. The van der Waals surface area contributed by atoms with Crippen LogP contribution < -0.4 is 0 Å². The van der Waals surface area contributed by atoms with E-state index in [1.54, 1.807) is 13.8 Å². The van der Waals surface area contributed by atoms with Crippen molar-refractivity contribution in [3.05, 3.63) is 0 Å². The average molecular weight is 801 g/mol. The Labute approximate surface area is 331 Å². The van der Waals surface area contributed by atoms with E-state index < -0.39 is 114 Å². The summed E-state index contributed by atoms with van der Waals surface area (Å²) in [4.78, 5) is 0.